The number of aliphatic hydroxyl groups is 1. The number of rotatable bonds is 87. The molecule has 3 N–H and O–H groups in total. The maximum absolute atomic E-state index is 13.2. The summed E-state index contributed by atoms with van der Waals surface area (Å²) in [5, 5.41) is 10.7. The van der Waals surface area contributed by atoms with Crippen LogP contribution in [0.4, 0.5) is 0 Å². The van der Waals surface area contributed by atoms with Gasteiger partial charge in [-0.2, -0.15) is 0 Å². The lowest BCUT2D eigenvalue weighted by molar-refractivity contribution is -0.161. The van der Waals surface area contributed by atoms with Crippen LogP contribution in [0.15, 0.2) is 0 Å². The lowest BCUT2D eigenvalue weighted by Crippen LogP contribution is -2.30. The molecule has 0 aromatic heterocycles. The summed E-state index contributed by atoms with van der Waals surface area (Å²) in [6, 6.07) is 0. The van der Waals surface area contributed by atoms with Crippen LogP contribution in [0.2, 0.25) is 0 Å². The van der Waals surface area contributed by atoms with E-state index in [4.69, 9.17) is 37.0 Å². The molecule has 0 amide bonds. The van der Waals surface area contributed by atoms with E-state index in [2.05, 4.69) is 41.5 Å². The number of hydrogen-bond donors (Lipinski definition) is 3. The van der Waals surface area contributed by atoms with Gasteiger partial charge in [-0.05, 0) is 37.5 Å². The van der Waals surface area contributed by atoms with Crippen LogP contribution in [0.5, 0.6) is 0 Å². The number of esters is 4. The van der Waals surface area contributed by atoms with E-state index in [0.29, 0.717) is 25.7 Å². The molecule has 0 aliphatic heterocycles. The Morgan fingerprint density at radius 1 is 0.252 bits per heavy atom. The number of hydrogen-bond acceptors (Lipinski definition) is 15. The van der Waals surface area contributed by atoms with Gasteiger partial charge in [-0.3, -0.25) is 37.3 Å². The second-order valence-corrected chi connectivity index (χ2v) is 35.5. The Morgan fingerprint density at radius 3 is 0.636 bits per heavy atom. The normalized spacial score (nSPS) is 13.8. The van der Waals surface area contributed by atoms with Crippen LogP contribution in [-0.2, 0) is 65.4 Å². The molecular formula is C88H172O17P2. The van der Waals surface area contributed by atoms with Gasteiger partial charge >= 0.3 is 39.5 Å². The monoisotopic (exact) mass is 1560 g/mol. The Kier molecular flexibility index (Phi) is 77.9. The minimum Gasteiger partial charge on any atom is -0.462 e. The van der Waals surface area contributed by atoms with Crippen molar-refractivity contribution >= 4 is 39.5 Å². The zero-order chi connectivity index (χ0) is 78.5. The SMILES string of the molecule is CCCCCCCCCCCCCCCCCCC(=O)O[C@H](COC(=O)CCCCCCCCCCCCCCC)COP(=O)(O)OC[C@H](O)COP(=O)(O)OC[C@@H](COC(=O)CCCCCCCCCCCCCCCCC(C)C)OC(=O)CCCCCCCCCCCCCCCCCCCCC(C)C. The first kappa shape index (κ1) is 105. The van der Waals surface area contributed by atoms with Gasteiger partial charge in [0.25, 0.3) is 0 Å². The van der Waals surface area contributed by atoms with Gasteiger partial charge in [0.2, 0.25) is 0 Å². The number of unbranched alkanes of at least 4 members (excludes halogenated alkanes) is 57. The summed E-state index contributed by atoms with van der Waals surface area (Å²) < 4.78 is 69.0. The largest absolute Gasteiger partial charge is 0.472 e. The molecule has 0 radical (unpaired) electrons. The van der Waals surface area contributed by atoms with Gasteiger partial charge in [0, 0.05) is 25.7 Å². The summed E-state index contributed by atoms with van der Waals surface area (Å²) in [6.07, 6.45) is 72.1. The molecule has 0 saturated carbocycles. The molecule has 0 heterocycles. The zero-order valence-electron chi connectivity index (χ0n) is 70.5. The van der Waals surface area contributed by atoms with Crippen LogP contribution in [0.1, 0.15) is 472 Å². The van der Waals surface area contributed by atoms with E-state index < -0.39 is 97.5 Å². The summed E-state index contributed by atoms with van der Waals surface area (Å²) in [5.41, 5.74) is 0. The van der Waals surface area contributed by atoms with Crippen LogP contribution in [0, 0.1) is 11.8 Å². The molecule has 0 bridgehead atoms. The maximum Gasteiger partial charge on any atom is 0.472 e. The van der Waals surface area contributed by atoms with E-state index in [1.807, 2.05) is 0 Å². The summed E-state index contributed by atoms with van der Waals surface area (Å²) in [7, 11) is -9.93. The first-order valence-corrected chi connectivity index (χ1v) is 48.5. The second-order valence-electron chi connectivity index (χ2n) is 32.6. The van der Waals surface area contributed by atoms with Crippen LogP contribution in [-0.4, -0.2) is 96.7 Å². The molecule has 19 heteroatoms. The first-order valence-electron chi connectivity index (χ1n) is 45.5. The molecule has 0 spiro atoms. The van der Waals surface area contributed by atoms with Gasteiger partial charge < -0.3 is 33.8 Å². The fourth-order valence-electron chi connectivity index (χ4n) is 13.8. The lowest BCUT2D eigenvalue weighted by atomic mass is 10.0. The standard InChI is InChI=1S/C88H172O17P2/c1-7-9-11-13-15-17-19-21-22-28-36-42-48-54-60-66-72-87(92)104-83(76-98-85(90)70-64-58-52-46-40-32-20-18-16-14-12-10-8-2)78-102-106(94,95)100-74-82(89)75-101-107(96,97)103-79-84(77-99-86(91)71-65-59-53-47-41-35-31-30-34-39-45-51-57-63-69-81(5)6)105-88(93)73-67-61-55-49-43-37-29-26-24-23-25-27-33-38-44-50-56-62-68-80(3)4/h80-84,89H,7-79H2,1-6H3,(H,94,95)(H,96,97)/t82-,83+,84+/m0/s1. The number of aliphatic hydroxyl groups excluding tert-OH is 1. The van der Waals surface area contributed by atoms with Crippen molar-refractivity contribution in [3.63, 3.8) is 0 Å². The summed E-state index contributed by atoms with van der Waals surface area (Å²) >= 11 is 0. The Hall–Kier alpha value is -1.94. The number of ether oxygens (including phenoxy) is 4. The molecule has 107 heavy (non-hydrogen) atoms. The van der Waals surface area contributed by atoms with Crippen LogP contribution in [0.25, 0.3) is 0 Å². The molecule has 0 rings (SSSR count). The Bertz CT molecular complexity index is 2050. The highest BCUT2D eigenvalue weighted by atomic mass is 31.2. The fraction of sp³-hybridized carbons (Fsp3) is 0.955. The molecule has 636 valence electrons. The third kappa shape index (κ3) is 81.9. The molecule has 5 atom stereocenters. The van der Waals surface area contributed by atoms with E-state index >= 15 is 0 Å². The van der Waals surface area contributed by atoms with Crippen molar-refractivity contribution < 1.29 is 80.2 Å². The van der Waals surface area contributed by atoms with Crippen LogP contribution < -0.4 is 0 Å². The third-order valence-corrected chi connectivity index (χ3v) is 22.6. The van der Waals surface area contributed by atoms with Crippen molar-refractivity contribution in [2.45, 2.75) is 490 Å². The van der Waals surface area contributed by atoms with Gasteiger partial charge in [-0.1, -0.05) is 420 Å². The van der Waals surface area contributed by atoms with Crippen molar-refractivity contribution in [1.82, 2.24) is 0 Å². The third-order valence-electron chi connectivity index (χ3n) is 20.7. The second kappa shape index (κ2) is 79.3. The number of carbonyl (C=O) groups is 4. The molecule has 0 saturated heterocycles. The summed E-state index contributed by atoms with van der Waals surface area (Å²) in [6.45, 7) is 9.75. The van der Waals surface area contributed by atoms with Crippen molar-refractivity contribution in [1.29, 1.82) is 0 Å². The van der Waals surface area contributed by atoms with Crippen molar-refractivity contribution in [3.05, 3.63) is 0 Å². The average Bonchev–Trinajstić information content (AvgIpc) is 0.915. The molecule has 0 aromatic carbocycles. The smallest absolute Gasteiger partial charge is 0.462 e. The van der Waals surface area contributed by atoms with E-state index in [1.54, 1.807) is 0 Å². The van der Waals surface area contributed by atoms with Gasteiger partial charge in [-0.25, -0.2) is 9.13 Å². The number of carbonyl (C=O) groups excluding carboxylic acids is 4. The fourth-order valence-corrected chi connectivity index (χ4v) is 15.4. The molecule has 2 unspecified atom stereocenters. The predicted octanol–water partition coefficient (Wildman–Crippen LogP) is 27.0. The summed E-state index contributed by atoms with van der Waals surface area (Å²) in [5.74, 6) is -0.477. The first-order chi connectivity index (χ1) is 51.9. The Balaban J connectivity index is 5.26. The van der Waals surface area contributed by atoms with Gasteiger partial charge in [-0.15, -0.1) is 0 Å². The average molecular weight is 1560 g/mol. The van der Waals surface area contributed by atoms with Crippen molar-refractivity contribution in [2.24, 2.45) is 11.8 Å². The molecular weight excluding hydrogens is 1390 g/mol. The van der Waals surface area contributed by atoms with E-state index in [-0.39, 0.29) is 25.7 Å². The Labute approximate surface area is 658 Å². The maximum atomic E-state index is 13.2. The minimum atomic E-state index is -4.97. The van der Waals surface area contributed by atoms with Gasteiger partial charge in [0.15, 0.2) is 12.2 Å². The van der Waals surface area contributed by atoms with E-state index in [9.17, 15) is 43.2 Å². The summed E-state index contributed by atoms with van der Waals surface area (Å²) in [4.78, 5) is 73.3. The minimum absolute atomic E-state index is 0.109. The molecule has 0 aliphatic carbocycles. The Morgan fingerprint density at radius 2 is 0.430 bits per heavy atom. The van der Waals surface area contributed by atoms with E-state index in [0.717, 1.165) is 102 Å². The topological polar surface area (TPSA) is 237 Å². The van der Waals surface area contributed by atoms with Gasteiger partial charge in [0.05, 0.1) is 26.4 Å². The molecule has 0 fully saturated rings. The molecule has 0 aliphatic rings. The van der Waals surface area contributed by atoms with Crippen LogP contribution >= 0.6 is 15.6 Å². The number of phosphoric acid groups is 2. The highest BCUT2D eigenvalue weighted by molar-refractivity contribution is 7.47. The van der Waals surface area contributed by atoms with Gasteiger partial charge in [0.1, 0.15) is 19.3 Å². The van der Waals surface area contributed by atoms with E-state index in [1.165, 1.54) is 289 Å². The predicted molar refractivity (Wildman–Crippen MR) is 442 cm³/mol. The number of phosphoric ester groups is 2. The highest BCUT2D eigenvalue weighted by Gasteiger charge is 2.30. The quantitative estimate of drug-likeness (QED) is 0.0222. The highest BCUT2D eigenvalue weighted by Crippen LogP contribution is 2.45. The lowest BCUT2D eigenvalue weighted by Gasteiger charge is -2.21. The van der Waals surface area contributed by atoms with Crippen molar-refractivity contribution in [3.8, 4) is 0 Å². The van der Waals surface area contributed by atoms with Crippen LogP contribution in [0.3, 0.4) is 0 Å². The van der Waals surface area contributed by atoms with Crippen molar-refractivity contribution in [2.75, 3.05) is 39.6 Å². The molecule has 17 nitrogen and oxygen atoms in total. The molecule has 0 aromatic rings. The zero-order valence-corrected chi connectivity index (χ0v) is 72.2.